The normalized spacial score (nSPS) is 22.2. The molecule has 0 bridgehead atoms. The monoisotopic (exact) mass is 319 g/mol. The molecule has 1 aromatic heterocycles. The maximum Gasteiger partial charge on any atom is 0.147 e. The fourth-order valence-corrected chi connectivity index (χ4v) is 3.72. The Morgan fingerprint density at radius 2 is 1.67 bits per heavy atom. The van der Waals surface area contributed by atoms with Crippen molar-refractivity contribution in [2.75, 3.05) is 0 Å². The molecular formula is C18H19Cl2N. The largest absolute Gasteiger partial charge is 0.243 e. The van der Waals surface area contributed by atoms with Crippen LogP contribution in [0.25, 0.3) is 0 Å². The average molecular weight is 320 g/mol. The molecule has 1 aromatic carbocycles. The predicted octanol–water partition coefficient (Wildman–Crippen LogP) is 5.90. The Morgan fingerprint density at radius 1 is 0.952 bits per heavy atom. The Morgan fingerprint density at radius 3 is 2.38 bits per heavy atom. The van der Waals surface area contributed by atoms with Crippen LogP contribution in [0.1, 0.15) is 42.7 Å². The maximum absolute atomic E-state index is 6.24. The van der Waals surface area contributed by atoms with Gasteiger partial charge in [-0.3, -0.25) is 0 Å². The van der Waals surface area contributed by atoms with E-state index in [1.807, 2.05) is 6.07 Å². The van der Waals surface area contributed by atoms with Gasteiger partial charge in [-0.1, -0.05) is 53.5 Å². The lowest BCUT2D eigenvalue weighted by Crippen LogP contribution is -2.15. The summed E-state index contributed by atoms with van der Waals surface area (Å²) in [6, 6.07) is 12.9. The van der Waals surface area contributed by atoms with Gasteiger partial charge in [-0.15, -0.1) is 0 Å². The first-order valence-corrected chi connectivity index (χ1v) is 8.33. The van der Waals surface area contributed by atoms with E-state index in [1.54, 1.807) is 6.20 Å². The van der Waals surface area contributed by atoms with Crippen molar-refractivity contribution in [3.8, 4) is 0 Å². The topological polar surface area (TPSA) is 12.9 Å². The highest BCUT2D eigenvalue weighted by Gasteiger charge is 2.23. The first-order chi connectivity index (χ1) is 10.2. The molecule has 1 aliphatic carbocycles. The summed E-state index contributed by atoms with van der Waals surface area (Å²) in [6.45, 7) is 0. The second-order valence-corrected chi connectivity index (χ2v) is 6.64. The molecule has 110 valence electrons. The molecule has 3 heteroatoms. The van der Waals surface area contributed by atoms with Crippen molar-refractivity contribution in [2.45, 2.75) is 38.0 Å². The minimum atomic E-state index is 0.423. The highest BCUT2D eigenvalue weighted by atomic mass is 35.5. The van der Waals surface area contributed by atoms with Crippen molar-refractivity contribution < 1.29 is 0 Å². The van der Waals surface area contributed by atoms with Gasteiger partial charge < -0.3 is 0 Å². The van der Waals surface area contributed by atoms with Crippen LogP contribution in [-0.2, 0) is 6.42 Å². The molecule has 0 aliphatic heterocycles. The summed E-state index contributed by atoms with van der Waals surface area (Å²) in [5.41, 5.74) is 2.63. The number of nitrogens with zero attached hydrogens (tertiary/aromatic N) is 1. The third-order valence-corrected chi connectivity index (χ3v) is 5.36. The van der Waals surface area contributed by atoms with Crippen LogP contribution in [-0.4, -0.2) is 4.98 Å². The molecule has 1 fully saturated rings. The predicted molar refractivity (Wildman–Crippen MR) is 89.1 cm³/mol. The second kappa shape index (κ2) is 6.81. The smallest absolute Gasteiger partial charge is 0.147 e. The van der Waals surface area contributed by atoms with Gasteiger partial charge in [-0.2, -0.15) is 0 Å². The molecule has 3 rings (SSSR count). The molecule has 1 saturated carbocycles. The van der Waals surface area contributed by atoms with Crippen molar-refractivity contribution in [1.29, 1.82) is 0 Å². The summed E-state index contributed by atoms with van der Waals surface area (Å²) in [5.74, 6) is 1.43. The van der Waals surface area contributed by atoms with E-state index in [4.69, 9.17) is 23.2 Å². The molecule has 0 radical (unpaired) electrons. The highest BCUT2D eigenvalue weighted by molar-refractivity contribution is 6.41. The van der Waals surface area contributed by atoms with Gasteiger partial charge in [-0.05, 0) is 61.1 Å². The van der Waals surface area contributed by atoms with Gasteiger partial charge in [0, 0.05) is 6.20 Å². The van der Waals surface area contributed by atoms with Gasteiger partial charge in [0.05, 0.1) is 5.02 Å². The van der Waals surface area contributed by atoms with Crippen LogP contribution in [0.3, 0.4) is 0 Å². The Hall–Kier alpha value is -1.05. The first kappa shape index (κ1) is 14.9. The summed E-state index contributed by atoms with van der Waals surface area (Å²) in [7, 11) is 0. The van der Waals surface area contributed by atoms with Crippen LogP contribution < -0.4 is 0 Å². The maximum atomic E-state index is 6.24. The Kier molecular flexibility index (Phi) is 4.82. The summed E-state index contributed by atoms with van der Waals surface area (Å²) < 4.78 is 0. The van der Waals surface area contributed by atoms with Crippen LogP contribution in [0.15, 0.2) is 42.6 Å². The zero-order valence-corrected chi connectivity index (χ0v) is 13.4. The molecule has 0 unspecified atom stereocenters. The van der Waals surface area contributed by atoms with Crippen LogP contribution in [0.5, 0.6) is 0 Å². The first-order valence-electron chi connectivity index (χ1n) is 7.58. The molecule has 1 heterocycles. The van der Waals surface area contributed by atoms with Gasteiger partial charge in [-0.25, -0.2) is 4.98 Å². The number of pyridine rings is 1. The van der Waals surface area contributed by atoms with Crippen molar-refractivity contribution in [1.82, 2.24) is 4.98 Å². The molecule has 0 saturated heterocycles. The lowest BCUT2D eigenvalue weighted by molar-refractivity contribution is 0.324. The van der Waals surface area contributed by atoms with E-state index in [0.717, 1.165) is 17.9 Å². The van der Waals surface area contributed by atoms with Crippen LogP contribution >= 0.6 is 23.2 Å². The summed E-state index contributed by atoms with van der Waals surface area (Å²) >= 11 is 12.2. The Balaban J connectivity index is 1.60. The number of benzene rings is 1. The third-order valence-electron chi connectivity index (χ3n) is 4.55. The highest BCUT2D eigenvalue weighted by Crippen LogP contribution is 2.38. The summed E-state index contributed by atoms with van der Waals surface area (Å²) in [4.78, 5) is 4.02. The quantitative estimate of drug-likeness (QED) is 0.641. The number of halogens is 2. The number of hydrogen-bond acceptors (Lipinski definition) is 1. The molecule has 1 aliphatic rings. The van der Waals surface area contributed by atoms with E-state index in [0.29, 0.717) is 16.1 Å². The minimum absolute atomic E-state index is 0.423. The Bertz CT molecular complexity index is 589. The van der Waals surface area contributed by atoms with Crippen molar-refractivity contribution in [3.63, 3.8) is 0 Å². The molecule has 0 N–H and O–H groups in total. The van der Waals surface area contributed by atoms with Gasteiger partial charge in [0.15, 0.2) is 0 Å². The third kappa shape index (κ3) is 3.59. The Labute approximate surface area is 136 Å². The fourth-order valence-electron chi connectivity index (χ4n) is 3.35. The summed E-state index contributed by atoms with van der Waals surface area (Å²) in [6.07, 6.45) is 7.82. The van der Waals surface area contributed by atoms with Crippen LogP contribution in [0.2, 0.25) is 10.2 Å². The number of hydrogen-bond donors (Lipinski definition) is 0. The van der Waals surface area contributed by atoms with E-state index in [9.17, 15) is 0 Å². The van der Waals surface area contributed by atoms with E-state index >= 15 is 0 Å². The molecule has 21 heavy (non-hydrogen) atoms. The lowest BCUT2D eigenvalue weighted by Gasteiger charge is -2.29. The number of aromatic nitrogens is 1. The van der Waals surface area contributed by atoms with Gasteiger partial charge in [0.2, 0.25) is 0 Å². The van der Waals surface area contributed by atoms with E-state index < -0.39 is 0 Å². The van der Waals surface area contributed by atoms with E-state index in [2.05, 4.69) is 35.3 Å². The van der Waals surface area contributed by atoms with Crippen molar-refractivity contribution in [2.24, 2.45) is 5.92 Å². The van der Waals surface area contributed by atoms with E-state index in [1.165, 1.54) is 31.2 Å². The summed E-state index contributed by atoms with van der Waals surface area (Å²) in [5, 5.41) is 1.05. The molecular weight excluding hydrogens is 301 g/mol. The van der Waals surface area contributed by atoms with Gasteiger partial charge >= 0.3 is 0 Å². The molecule has 2 aromatic rings. The van der Waals surface area contributed by atoms with E-state index in [-0.39, 0.29) is 0 Å². The molecule has 1 nitrogen and oxygen atoms in total. The lowest BCUT2D eigenvalue weighted by atomic mass is 9.77. The molecule has 0 atom stereocenters. The zero-order chi connectivity index (χ0) is 14.7. The SMILES string of the molecule is Clc1nccc(C[C@H]2CC[C@@H](c3ccccc3)CC2)c1Cl. The van der Waals surface area contributed by atoms with Crippen LogP contribution in [0.4, 0.5) is 0 Å². The average Bonchev–Trinajstić information content (AvgIpc) is 2.53. The molecule has 0 amide bonds. The zero-order valence-electron chi connectivity index (χ0n) is 11.9. The fraction of sp³-hybridized carbons (Fsp3) is 0.389. The van der Waals surface area contributed by atoms with Gasteiger partial charge in [0.1, 0.15) is 5.15 Å². The second-order valence-electron chi connectivity index (χ2n) is 5.91. The van der Waals surface area contributed by atoms with Crippen molar-refractivity contribution >= 4 is 23.2 Å². The number of rotatable bonds is 3. The standard InChI is InChI=1S/C18H19Cl2N/c19-17-16(10-11-21-18(17)20)12-13-6-8-15(9-7-13)14-4-2-1-3-5-14/h1-5,10-11,13,15H,6-9,12H2/t13-,15+. The van der Waals surface area contributed by atoms with Crippen LogP contribution in [0, 0.1) is 5.92 Å². The minimum Gasteiger partial charge on any atom is -0.243 e. The van der Waals surface area contributed by atoms with Crippen molar-refractivity contribution in [3.05, 3.63) is 63.9 Å². The molecule has 0 spiro atoms. The van der Waals surface area contributed by atoms with Gasteiger partial charge in [0.25, 0.3) is 0 Å².